The van der Waals surface area contributed by atoms with Crippen LogP contribution in [0.1, 0.15) is 6.92 Å². The number of aliphatic hydroxyl groups excluding tert-OH is 1. The summed E-state index contributed by atoms with van der Waals surface area (Å²) in [6.07, 6.45) is -4.46. The SMILES string of the molecule is CC(CO)NC(=O)Nc1ccccc1OCC(F)(F)F. The normalized spacial score (nSPS) is 12.7. The molecular formula is C12H15F3N2O3. The molecular weight excluding hydrogens is 277 g/mol. The third-order valence-corrected chi connectivity index (χ3v) is 2.18. The summed E-state index contributed by atoms with van der Waals surface area (Å²) in [6, 6.07) is 4.65. The Labute approximate surface area is 113 Å². The van der Waals surface area contributed by atoms with Crippen LogP contribution in [0.3, 0.4) is 0 Å². The maximum absolute atomic E-state index is 12.1. The number of urea groups is 1. The van der Waals surface area contributed by atoms with Gasteiger partial charge in [0.15, 0.2) is 6.61 Å². The highest BCUT2D eigenvalue weighted by molar-refractivity contribution is 5.91. The molecule has 112 valence electrons. The molecule has 0 saturated heterocycles. The Morgan fingerprint density at radius 2 is 2.05 bits per heavy atom. The Morgan fingerprint density at radius 1 is 1.40 bits per heavy atom. The van der Waals surface area contributed by atoms with Crippen molar-refractivity contribution in [1.82, 2.24) is 5.32 Å². The first-order valence-corrected chi connectivity index (χ1v) is 5.79. The van der Waals surface area contributed by atoms with Gasteiger partial charge in [-0.05, 0) is 19.1 Å². The Morgan fingerprint density at radius 3 is 2.65 bits per heavy atom. The van der Waals surface area contributed by atoms with Gasteiger partial charge in [-0.25, -0.2) is 4.79 Å². The van der Waals surface area contributed by atoms with E-state index in [1.165, 1.54) is 18.2 Å². The Hall–Kier alpha value is -1.96. The number of hydrogen-bond acceptors (Lipinski definition) is 3. The highest BCUT2D eigenvalue weighted by Gasteiger charge is 2.28. The van der Waals surface area contributed by atoms with Crippen LogP contribution in [0.5, 0.6) is 5.75 Å². The number of carbonyl (C=O) groups excluding carboxylic acids is 1. The molecule has 20 heavy (non-hydrogen) atoms. The van der Waals surface area contributed by atoms with Crippen LogP contribution in [0.25, 0.3) is 0 Å². The van der Waals surface area contributed by atoms with E-state index in [9.17, 15) is 18.0 Å². The molecule has 0 heterocycles. The van der Waals surface area contributed by atoms with E-state index in [0.29, 0.717) is 0 Å². The molecule has 1 unspecified atom stereocenters. The molecule has 0 bridgehead atoms. The number of ether oxygens (including phenoxy) is 1. The molecule has 0 aliphatic rings. The predicted octanol–water partition coefficient (Wildman–Crippen LogP) is 2.13. The number of benzene rings is 1. The standard InChI is InChI=1S/C12H15F3N2O3/c1-8(6-18)16-11(19)17-9-4-2-3-5-10(9)20-7-12(13,14)15/h2-5,8,18H,6-7H2,1H3,(H2,16,17,19). The van der Waals surface area contributed by atoms with Gasteiger partial charge in [0.2, 0.25) is 0 Å². The summed E-state index contributed by atoms with van der Waals surface area (Å²) in [6.45, 7) is -0.119. The predicted molar refractivity (Wildman–Crippen MR) is 66.7 cm³/mol. The average molecular weight is 292 g/mol. The number of nitrogens with one attached hydrogen (secondary N) is 2. The highest BCUT2D eigenvalue weighted by atomic mass is 19.4. The smallest absolute Gasteiger partial charge is 0.422 e. The van der Waals surface area contributed by atoms with Gasteiger partial charge < -0.3 is 20.5 Å². The van der Waals surface area contributed by atoms with Crippen LogP contribution in [0.2, 0.25) is 0 Å². The van der Waals surface area contributed by atoms with Gasteiger partial charge in [0.05, 0.1) is 18.3 Å². The zero-order valence-electron chi connectivity index (χ0n) is 10.7. The number of rotatable bonds is 5. The second kappa shape index (κ2) is 6.99. The van der Waals surface area contributed by atoms with E-state index in [1.807, 2.05) is 0 Å². The first kappa shape index (κ1) is 16.1. The van der Waals surface area contributed by atoms with E-state index >= 15 is 0 Å². The number of halogens is 3. The lowest BCUT2D eigenvalue weighted by atomic mass is 10.3. The van der Waals surface area contributed by atoms with Crippen molar-refractivity contribution < 1.29 is 27.8 Å². The van der Waals surface area contributed by atoms with E-state index < -0.39 is 24.9 Å². The molecule has 0 radical (unpaired) electrons. The zero-order chi connectivity index (χ0) is 15.2. The maximum atomic E-state index is 12.1. The number of anilines is 1. The topological polar surface area (TPSA) is 70.6 Å². The van der Waals surface area contributed by atoms with E-state index in [1.54, 1.807) is 13.0 Å². The fourth-order valence-corrected chi connectivity index (χ4v) is 1.28. The average Bonchev–Trinajstić information content (AvgIpc) is 2.36. The fourth-order valence-electron chi connectivity index (χ4n) is 1.28. The van der Waals surface area contributed by atoms with E-state index in [4.69, 9.17) is 5.11 Å². The molecule has 0 aliphatic carbocycles. The summed E-state index contributed by atoms with van der Waals surface area (Å²) in [5.41, 5.74) is 0.111. The first-order chi connectivity index (χ1) is 9.31. The van der Waals surface area contributed by atoms with Crippen molar-refractivity contribution in [2.75, 3.05) is 18.5 Å². The van der Waals surface area contributed by atoms with Gasteiger partial charge in [-0.3, -0.25) is 0 Å². The van der Waals surface area contributed by atoms with Gasteiger partial charge in [-0.1, -0.05) is 12.1 Å². The molecule has 0 aromatic heterocycles. The van der Waals surface area contributed by atoms with Crippen molar-refractivity contribution in [2.24, 2.45) is 0 Å². The maximum Gasteiger partial charge on any atom is 0.422 e. The molecule has 0 spiro atoms. The lowest BCUT2D eigenvalue weighted by Gasteiger charge is -2.15. The molecule has 8 heteroatoms. The number of hydrogen-bond donors (Lipinski definition) is 3. The molecule has 1 aromatic carbocycles. The second-order valence-corrected chi connectivity index (χ2v) is 4.08. The number of alkyl halides is 3. The van der Waals surface area contributed by atoms with Crippen LogP contribution in [0, 0.1) is 0 Å². The summed E-state index contributed by atoms with van der Waals surface area (Å²) in [5, 5.41) is 13.5. The summed E-state index contributed by atoms with van der Waals surface area (Å²) in [5.74, 6) is -0.0865. The number of para-hydroxylation sites is 2. The van der Waals surface area contributed by atoms with Crippen molar-refractivity contribution >= 4 is 11.7 Å². The van der Waals surface area contributed by atoms with Crippen LogP contribution in [0.4, 0.5) is 23.7 Å². The van der Waals surface area contributed by atoms with Crippen LogP contribution >= 0.6 is 0 Å². The summed E-state index contributed by atoms with van der Waals surface area (Å²) < 4.78 is 40.9. The van der Waals surface area contributed by atoms with Crippen LogP contribution in [-0.4, -0.2) is 36.6 Å². The minimum absolute atomic E-state index is 0.0865. The van der Waals surface area contributed by atoms with Crippen molar-refractivity contribution in [3.63, 3.8) is 0 Å². The Bertz CT molecular complexity index is 452. The van der Waals surface area contributed by atoms with Gasteiger partial charge in [0.25, 0.3) is 0 Å². The van der Waals surface area contributed by atoms with Gasteiger partial charge in [0.1, 0.15) is 5.75 Å². The third-order valence-electron chi connectivity index (χ3n) is 2.18. The molecule has 1 atom stereocenters. The minimum atomic E-state index is -4.46. The minimum Gasteiger partial charge on any atom is -0.482 e. The molecule has 0 fully saturated rings. The lowest BCUT2D eigenvalue weighted by molar-refractivity contribution is -0.153. The fraction of sp³-hybridized carbons (Fsp3) is 0.417. The molecule has 0 aliphatic heterocycles. The quantitative estimate of drug-likeness (QED) is 0.778. The van der Waals surface area contributed by atoms with E-state index in [-0.39, 0.29) is 18.0 Å². The summed E-state index contributed by atoms with van der Waals surface area (Å²) in [7, 11) is 0. The van der Waals surface area contributed by atoms with E-state index in [2.05, 4.69) is 15.4 Å². The van der Waals surface area contributed by atoms with Crippen molar-refractivity contribution in [3.05, 3.63) is 24.3 Å². The molecule has 1 aromatic rings. The molecule has 1 rings (SSSR count). The Balaban J connectivity index is 2.68. The third kappa shape index (κ3) is 5.79. The van der Waals surface area contributed by atoms with E-state index in [0.717, 1.165) is 0 Å². The van der Waals surface area contributed by atoms with Crippen molar-refractivity contribution in [2.45, 2.75) is 19.1 Å². The van der Waals surface area contributed by atoms with Crippen LogP contribution < -0.4 is 15.4 Å². The number of aliphatic hydroxyl groups is 1. The zero-order valence-corrected chi connectivity index (χ0v) is 10.7. The van der Waals surface area contributed by atoms with Gasteiger partial charge >= 0.3 is 12.2 Å². The van der Waals surface area contributed by atoms with Crippen LogP contribution in [0.15, 0.2) is 24.3 Å². The summed E-state index contributed by atoms with van der Waals surface area (Å²) in [4.78, 5) is 11.5. The van der Waals surface area contributed by atoms with Crippen molar-refractivity contribution in [1.29, 1.82) is 0 Å². The van der Waals surface area contributed by atoms with Crippen LogP contribution in [-0.2, 0) is 0 Å². The second-order valence-electron chi connectivity index (χ2n) is 4.08. The summed E-state index contributed by atoms with van der Waals surface area (Å²) >= 11 is 0. The first-order valence-electron chi connectivity index (χ1n) is 5.79. The lowest BCUT2D eigenvalue weighted by Crippen LogP contribution is -2.38. The molecule has 5 nitrogen and oxygen atoms in total. The monoisotopic (exact) mass is 292 g/mol. The molecule has 2 amide bonds. The molecule has 3 N–H and O–H groups in total. The number of amides is 2. The van der Waals surface area contributed by atoms with Gasteiger partial charge in [0, 0.05) is 0 Å². The largest absolute Gasteiger partial charge is 0.482 e. The van der Waals surface area contributed by atoms with Gasteiger partial charge in [-0.2, -0.15) is 13.2 Å². The molecule has 0 saturated carbocycles. The highest BCUT2D eigenvalue weighted by Crippen LogP contribution is 2.26. The van der Waals surface area contributed by atoms with Gasteiger partial charge in [-0.15, -0.1) is 0 Å². The Kier molecular flexibility index (Phi) is 5.63. The number of carbonyl (C=O) groups is 1. The van der Waals surface area contributed by atoms with Crippen molar-refractivity contribution in [3.8, 4) is 5.75 Å².